The zero-order chi connectivity index (χ0) is 12.2. The van der Waals surface area contributed by atoms with Gasteiger partial charge in [-0.2, -0.15) is 0 Å². The maximum atomic E-state index is 11.3. The molecule has 0 atom stereocenters. The number of H-pyrrole nitrogens is 1. The van der Waals surface area contributed by atoms with Crippen molar-refractivity contribution in [3.8, 4) is 0 Å². The van der Waals surface area contributed by atoms with Crippen LogP contribution in [0.1, 0.15) is 21.7 Å². The van der Waals surface area contributed by atoms with Gasteiger partial charge >= 0.3 is 5.97 Å². The highest BCUT2D eigenvalue weighted by Gasteiger charge is 2.19. The van der Waals surface area contributed by atoms with Gasteiger partial charge in [0.1, 0.15) is 0 Å². The van der Waals surface area contributed by atoms with Crippen LogP contribution in [-0.2, 0) is 0 Å². The van der Waals surface area contributed by atoms with Crippen molar-refractivity contribution in [2.45, 2.75) is 13.8 Å². The first-order valence-electron chi connectivity index (χ1n) is 5.29. The minimum atomic E-state index is -0.949. The number of hydrogen-bond acceptors (Lipinski definition) is 2. The zero-order valence-corrected chi connectivity index (χ0v) is 9.48. The highest BCUT2D eigenvalue weighted by atomic mass is 16.4. The Morgan fingerprint density at radius 3 is 2.88 bits per heavy atom. The predicted molar refractivity (Wildman–Crippen MR) is 63.5 cm³/mol. The van der Waals surface area contributed by atoms with Gasteiger partial charge in [-0.25, -0.2) is 9.78 Å². The van der Waals surface area contributed by atoms with Gasteiger partial charge in [-0.1, -0.05) is 12.1 Å². The van der Waals surface area contributed by atoms with Gasteiger partial charge in [0, 0.05) is 5.69 Å². The Labute approximate surface area is 96.7 Å². The SMILES string of the molecule is Cc1[nH]c2nc3c(C)cccc3n2c1C(=O)O. The van der Waals surface area contributed by atoms with E-state index >= 15 is 0 Å². The average Bonchev–Trinajstić information content (AvgIpc) is 2.73. The molecule has 0 bridgehead atoms. The molecule has 17 heavy (non-hydrogen) atoms. The van der Waals surface area contributed by atoms with Crippen molar-refractivity contribution < 1.29 is 9.90 Å². The molecule has 0 amide bonds. The van der Waals surface area contributed by atoms with Crippen molar-refractivity contribution >= 4 is 22.8 Å². The summed E-state index contributed by atoms with van der Waals surface area (Å²) in [6, 6.07) is 5.74. The summed E-state index contributed by atoms with van der Waals surface area (Å²) in [5.74, 6) is -0.376. The van der Waals surface area contributed by atoms with E-state index in [2.05, 4.69) is 9.97 Å². The molecule has 0 fully saturated rings. The van der Waals surface area contributed by atoms with Crippen LogP contribution in [0, 0.1) is 13.8 Å². The number of aromatic amines is 1. The zero-order valence-electron chi connectivity index (χ0n) is 9.48. The fraction of sp³-hybridized carbons (Fsp3) is 0.167. The lowest BCUT2D eigenvalue weighted by Crippen LogP contribution is -2.03. The number of aryl methyl sites for hydroxylation is 2. The van der Waals surface area contributed by atoms with Gasteiger partial charge in [-0.15, -0.1) is 0 Å². The van der Waals surface area contributed by atoms with E-state index in [-0.39, 0.29) is 5.69 Å². The Kier molecular flexibility index (Phi) is 1.80. The number of nitrogens with zero attached hydrogens (tertiary/aromatic N) is 2. The molecule has 5 heteroatoms. The smallest absolute Gasteiger partial charge is 0.354 e. The molecular weight excluding hydrogens is 218 g/mol. The van der Waals surface area contributed by atoms with Crippen LogP contribution in [-0.4, -0.2) is 25.4 Å². The van der Waals surface area contributed by atoms with Gasteiger partial charge in [-0.3, -0.25) is 4.40 Å². The number of carbonyl (C=O) groups is 1. The van der Waals surface area contributed by atoms with E-state index in [0.29, 0.717) is 11.5 Å². The summed E-state index contributed by atoms with van der Waals surface area (Å²) in [4.78, 5) is 18.7. The molecule has 0 spiro atoms. The molecule has 2 aromatic heterocycles. The second kappa shape index (κ2) is 3.10. The van der Waals surface area contributed by atoms with Crippen molar-refractivity contribution in [3.63, 3.8) is 0 Å². The van der Waals surface area contributed by atoms with E-state index in [1.54, 1.807) is 11.3 Å². The minimum Gasteiger partial charge on any atom is -0.477 e. The number of imidazole rings is 2. The molecule has 0 aliphatic heterocycles. The minimum absolute atomic E-state index is 0.244. The molecule has 2 heterocycles. The second-order valence-corrected chi connectivity index (χ2v) is 4.12. The lowest BCUT2D eigenvalue weighted by Gasteiger charge is -1.97. The van der Waals surface area contributed by atoms with Crippen LogP contribution in [0.4, 0.5) is 0 Å². The summed E-state index contributed by atoms with van der Waals surface area (Å²) in [5.41, 5.74) is 3.55. The molecule has 3 aromatic rings. The van der Waals surface area contributed by atoms with Crippen LogP contribution < -0.4 is 0 Å². The lowest BCUT2D eigenvalue weighted by atomic mass is 10.2. The Hall–Kier alpha value is -2.30. The van der Waals surface area contributed by atoms with E-state index in [4.69, 9.17) is 0 Å². The molecule has 0 radical (unpaired) electrons. The number of carboxylic acids is 1. The van der Waals surface area contributed by atoms with Gasteiger partial charge in [0.25, 0.3) is 0 Å². The average molecular weight is 229 g/mol. The molecule has 0 aliphatic rings. The van der Waals surface area contributed by atoms with E-state index in [9.17, 15) is 9.90 Å². The third kappa shape index (κ3) is 1.19. The van der Waals surface area contributed by atoms with E-state index in [1.165, 1.54) is 0 Å². The van der Waals surface area contributed by atoms with Crippen LogP contribution in [0.25, 0.3) is 16.8 Å². The first-order valence-corrected chi connectivity index (χ1v) is 5.29. The summed E-state index contributed by atoms with van der Waals surface area (Å²) < 4.78 is 1.65. The Bertz CT molecular complexity index is 752. The standard InChI is InChI=1S/C12H11N3O2/c1-6-4-3-5-8-9(6)14-12-13-7(2)10(11(16)17)15(8)12/h3-5H,1-2H3,(H,13,14)(H,16,17). The molecule has 0 aliphatic carbocycles. The monoisotopic (exact) mass is 229 g/mol. The highest BCUT2D eigenvalue weighted by molar-refractivity contribution is 5.92. The Balaban J connectivity index is 2.57. The predicted octanol–water partition coefficient (Wildman–Crippen LogP) is 2.13. The molecular formula is C12H11N3O2. The molecule has 0 saturated carbocycles. The summed E-state index contributed by atoms with van der Waals surface area (Å²) in [5, 5.41) is 9.23. The first kappa shape index (κ1) is 9.89. The molecule has 2 N–H and O–H groups in total. The number of carboxylic acid groups (broad SMARTS) is 1. The summed E-state index contributed by atoms with van der Waals surface area (Å²) in [6.07, 6.45) is 0. The van der Waals surface area contributed by atoms with Gasteiger partial charge in [0.2, 0.25) is 5.78 Å². The maximum absolute atomic E-state index is 11.3. The van der Waals surface area contributed by atoms with Crippen LogP contribution in [0.5, 0.6) is 0 Å². The van der Waals surface area contributed by atoms with E-state index in [0.717, 1.165) is 16.6 Å². The first-order chi connectivity index (χ1) is 8.09. The molecule has 86 valence electrons. The Morgan fingerprint density at radius 1 is 1.41 bits per heavy atom. The van der Waals surface area contributed by atoms with Crippen LogP contribution in [0.15, 0.2) is 18.2 Å². The van der Waals surface area contributed by atoms with E-state index in [1.807, 2.05) is 25.1 Å². The normalized spacial score (nSPS) is 11.4. The number of benzene rings is 1. The lowest BCUT2D eigenvalue weighted by molar-refractivity contribution is 0.0689. The van der Waals surface area contributed by atoms with E-state index < -0.39 is 5.97 Å². The van der Waals surface area contributed by atoms with Crippen molar-refractivity contribution in [2.24, 2.45) is 0 Å². The van der Waals surface area contributed by atoms with Crippen molar-refractivity contribution in [2.75, 3.05) is 0 Å². The molecule has 3 rings (SSSR count). The van der Waals surface area contributed by atoms with Crippen molar-refractivity contribution in [1.29, 1.82) is 0 Å². The number of para-hydroxylation sites is 1. The second-order valence-electron chi connectivity index (χ2n) is 4.12. The highest BCUT2D eigenvalue weighted by Crippen LogP contribution is 2.22. The van der Waals surface area contributed by atoms with Gasteiger partial charge in [0.15, 0.2) is 5.69 Å². The largest absolute Gasteiger partial charge is 0.477 e. The van der Waals surface area contributed by atoms with Crippen molar-refractivity contribution in [1.82, 2.24) is 14.4 Å². The van der Waals surface area contributed by atoms with Crippen LogP contribution in [0.2, 0.25) is 0 Å². The summed E-state index contributed by atoms with van der Waals surface area (Å²) in [7, 11) is 0. The van der Waals surface area contributed by atoms with Gasteiger partial charge < -0.3 is 10.1 Å². The third-order valence-corrected chi connectivity index (χ3v) is 2.97. The maximum Gasteiger partial charge on any atom is 0.354 e. The number of rotatable bonds is 1. The van der Waals surface area contributed by atoms with Crippen LogP contribution >= 0.6 is 0 Å². The number of aromatic nitrogens is 3. The number of aromatic carboxylic acids is 1. The number of hydrogen-bond donors (Lipinski definition) is 2. The molecule has 0 unspecified atom stereocenters. The third-order valence-electron chi connectivity index (χ3n) is 2.97. The number of fused-ring (bicyclic) bond motifs is 3. The topological polar surface area (TPSA) is 70.4 Å². The van der Waals surface area contributed by atoms with Crippen molar-refractivity contribution in [3.05, 3.63) is 35.2 Å². The number of nitrogens with one attached hydrogen (secondary N) is 1. The fourth-order valence-electron chi connectivity index (χ4n) is 2.20. The molecule has 5 nitrogen and oxygen atoms in total. The summed E-state index contributed by atoms with van der Waals surface area (Å²) in [6.45, 7) is 3.70. The van der Waals surface area contributed by atoms with Gasteiger partial charge in [0.05, 0.1) is 11.0 Å². The fourth-order valence-corrected chi connectivity index (χ4v) is 2.20. The van der Waals surface area contributed by atoms with Crippen LogP contribution in [0.3, 0.4) is 0 Å². The molecule has 0 saturated heterocycles. The molecule has 1 aromatic carbocycles. The Morgan fingerprint density at radius 2 is 2.18 bits per heavy atom. The van der Waals surface area contributed by atoms with Gasteiger partial charge in [-0.05, 0) is 25.5 Å². The summed E-state index contributed by atoms with van der Waals surface area (Å²) >= 11 is 0. The quantitative estimate of drug-likeness (QED) is 0.671.